The van der Waals surface area contributed by atoms with Crippen molar-refractivity contribution in [3.63, 3.8) is 0 Å². The molecule has 3 nitrogen and oxygen atoms in total. The van der Waals surface area contributed by atoms with E-state index in [0.717, 1.165) is 19.3 Å². The Balaban J connectivity index is 1.89. The molecule has 0 atom stereocenters. The summed E-state index contributed by atoms with van der Waals surface area (Å²) in [4.78, 5) is 22.7. The summed E-state index contributed by atoms with van der Waals surface area (Å²) >= 11 is 5.38. The molecule has 3 aliphatic carbocycles. The Kier molecular flexibility index (Phi) is 2.40. The maximum atomic E-state index is 11.9. The average Bonchev–Trinajstić information content (AvgIpc) is 1.88. The van der Waals surface area contributed by atoms with Gasteiger partial charge in [-0.25, -0.2) is 0 Å². The van der Waals surface area contributed by atoms with Gasteiger partial charge in [-0.15, -0.1) is 0 Å². The summed E-state index contributed by atoms with van der Waals surface area (Å²) in [6.07, 6.45) is 2.72. The minimum atomic E-state index is -0.429. The minimum absolute atomic E-state index is 0.0235. The molecule has 3 fully saturated rings. The summed E-state index contributed by atoms with van der Waals surface area (Å²) in [6.45, 7) is 5.61. The topological polar surface area (TPSA) is 43.4 Å². The van der Waals surface area contributed by atoms with Gasteiger partial charge >= 0.3 is 5.97 Å². The second-order valence-corrected chi connectivity index (χ2v) is 6.77. The van der Waals surface area contributed by atoms with Crippen LogP contribution in [0.15, 0.2) is 0 Å². The van der Waals surface area contributed by atoms with Crippen LogP contribution in [0.3, 0.4) is 0 Å². The Morgan fingerprint density at radius 3 is 2.12 bits per heavy atom. The van der Waals surface area contributed by atoms with Crippen molar-refractivity contribution in [3.05, 3.63) is 0 Å². The van der Waals surface area contributed by atoms with Crippen molar-refractivity contribution in [2.24, 2.45) is 10.8 Å². The van der Waals surface area contributed by atoms with Crippen LogP contribution >= 0.6 is 11.6 Å². The highest BCUT2D eigenvalue weighted by molar-refractivity contribution is 6.63. The van der Waals surface area contributed by atoms with Crippen molar-refractivity contribution in [1.82, 2.24) is 0 Å². The number of carbonyl (C=O) groups is 2. The molecule has 0 amide bonds. The van der Waals surface area contributed by atoms with Gasteiger partial charge in [0.2, 0.25) is 5.24 Å². The van der Waals surface area contributed by atoms with E-state index in [0.29, 0.717) is 6.42 Å². The number of hydrogen-bond acceptors (Lipinski definition) is 3. The normalized spacial score (nSPS) is 36.0. The monoisotopic (exact) mass is 244 g/mol. The predicted octanol–water partition coefficient (Wildman–Crippen LogP) is 2.65. The highest BCUT2D eigenvalue weighted by Crippen LogP contribution is 2.75. The fraction of sp³-hybridized carbons (Fsp3) is 0.833. The molecule has 16 heavy (non-hydrogen) atoms. The maximum absolute atomic E-state index is 11.9. The summed E-state index contributed by atoms with van der Waals surface area (Å²) in [5.41, 5.74) is -0.697. The molecule has 0 radical (unpaired) electrons. The highest BCUT2D eigenvalue weighted by Gasteiger charge is 2.72. The number of ether oxygens (including phenoxy) is 1. The maximum Gasteiger partial charge on any atom is 0.312 e. The van der Waals surface area contributed by atoms with Crippen molar-refractivity contribution in [2.75, 3.05) is 0 Å². The molecule has 0 heterocycles. The van der Waals surface area contributed by atoms with Gasteiger partial charge in [-0.05, 0) is 57.0 Å². The van der Waals surface area contributed by atoms with Gasteiger partial charge in [0.15, 0.2) is 0 Å². The van der Waals surface area contributed by atoms with Crippen LogP contribution in [-0.4, -0.2) is 16.8 Å². The van der Waals surface area contributed by atoms with E-state index in [4.69, 9.17) is 16.3 Å². The van der Waals surface area contributed by atoms with Crippen LogP contribution in [0.4, 0.5) is 0 Å². The first-order valence-corrected chi connectivity index (χ1v) is 5.96. The van der Waals surface area contributed by atoms with Crippen molar-refractivity contribution in [3.8, 4) is 0 Å². The number of hydrogen-bond donors (Lipinski definition) is 0. The summed E-state index contributed by atoms with van der Waals surface area (Å²) in [7, 11) is 0. The number of esters is 1. The Morgan fingerprint density at radius 2 is 1.75 bits per heavy atom. The molecule has 3 aliphatic rings. The Morgan fingerprint density at radius 1 is 1.25 bits per heavy atom. The third-order valence-electron chi connectivity index (χ3n) is 3.49. The van der Waals surface area contributed by atoms with Gasteiger partial charge in [-0.1, -0.05) is 0 Å². The molecule has 0 aromatic rings. The van der Waals surface area contributed by atoms with Gasteiger partial charge in [0.1, 0.15) is 5.60 Å². The van der Waals surface area contributed by atoms with E-state index in [9.17, 15) is 9.59 Å². The molecule has 0 aromatic carbocycles. The molecule has 0 spiro atoms. The van der Waals surface area contributed by atoms with Crippen LogP contribution in [-0.2, 0) is 14.3 Å². The van der Waals surface area contributed by atoms with Gasteiger partial charge in [0, 0.05) is 6.42 Å². The first-order chi connectivity index (χ1) is 7.17. The molecule has 0 aliphatic heterocycles. The fourth-order valence-electron chi connectivity index (χ4n) is 3.08. The van der Waals surface area contributed by atoms with E-state index < -0.39 is 5.60 Å². The van der Waals surface area contributed by atoms with Crippen LogP contribution in [0, 0.1) is 10.8 Å². The van der Waals surface area contributed by atoms with Crippen LogP contribution in [0.1, 0.15) is 46.5 Å². The molecule has 3 rings (SSSR count). The van der Waals surface area contributed by atoms with Gasteiger partial charge in [0.05, 0.1) is 5.41 Å². The van der Waals surface area contributed by atoms with Gasteiger partial charge in [-0.3, -0.25) is 9.59 Å². The Bertz CT molecular complexity index is 334. The quantitative estimate of drug-likeness (QED) is 0.566. The van der Waals surface area contributed by atoms with Gasteiger partial charge in [-0.2, -0.15) is 0 Å². The SMILES string of the molecule is CC(C)(C)OC(=O)C12CC(CC(=O)Cl)(C1)C2. The van der Waals surface area contributed by atoms with E-state index in [1.807, 2.05) is 20.8 Å². The lowest BCUT2D eigenvalue weighted by molar-refractivity contribution is -0.235. The molecule has 90 valence electrons. The molecule has 0 N–H and O–H groups in total. The second-order valence-electron chi connectivity index (χ2n) is 6.34. The first-order valence-electron chi connectivity index (χ1n) is 5.58. The molecule has 0 unspecified atom stereocenters. The van der Waals surface area contributed by atoms with Crippen molar-refractivity contribution < 1.29 is 14.3 Å². The molecule has 4 heteroatoms. The average molecular weight is 245 g/mol. The second kappa shape index (κ2) is 3.22. The van der Waals surface area contributed by atoms with Gasteiger partial charge in [0.25, 0.3) is 0 Å². The van der Waals surface area contributed by atoms with E-state index in [1.165, 1.54) is 0 Å². The smallest absolute Gasteiger partial charge is 0.312 e. The Labute approximate surface area is 100 Å². The molecule has 0 aromatic heterocycles. The number of carbonyl (C=O) groups excluding carboxylic acids is 2. The van der Waals surface area contributed by atoms with E-state index in [-0.39, 0.29) is 22.0 Å². The van der Waals surface area contributed by atoms with Crippen molar-refractivity contribution in [2.45, 2.75) is 52.1 Å². The van der Waals surface area contributed by atoms with Crippen molar-refractivity contribution >= 4 is 22.8 Å². The van der Waals surface area contributed by atoms with E-state index >= 15 is 0 Å². The van der Waals surface area contributed by atoms with Gasteiger partial charge < -0.3 is 4.74 Å². The Hall–Kier alpha value is -0.570. The summed E-state index contributed by atoms with van der Waals surface area (Å²) in [6, 6.07) is 0. The fourth-order valence-corrected chi connectivity index (χ4v) is 3.37. The lowest BCUT2D eigenvalue weighted by atomic mass is 9.34. The van der Waals surface area contributed by atoms with Crippen LogP contribution < -0.4 is 0 Å². The largest absolute Gasteiger partial charge is 0.460 e. The number of halogens is 1. The third-order valence-corrected chi connectivity index (χ3v) is 3.62. The lowest BCUT2D eigenvalue weighted by Gasteiger charge is -2.68. The summed E-state index contributed by atoms with van der Waals surface area (Å²) < 4.78 is 5.38. The summed E-state index contributed by atoms with van der Waals surface area (Å²) in [5, 5.41) is -0.294. The summed E-state index contributed by atoms with van der Waals surface area (Å²) in [5.74, 6) is -0.108. The predicted molar refractivity (Wildman–Crippen MR) is 60.0 cm³/mol. The zero-order chi connectivity index (χ0) is 12.2. The van der Waals surface area contributed by atoms with Crippen LogP contribution in [0.2, 0.25) is 0 Å². The molecule has 0 saturated heterocycles. The first kappa shape index (κ1) is 11.9. The zero-order valence-electron chi connectivity index (χ0n) is 9.93. The standard InChI is InChI=1S/C12H17ClO3/c1-10(2,3)16-9(15)12-5-11(6-12,7-12)4-8(13)14/h4-7H2,1-3H3. The highest BCUT2D eigenvalue weighted by atomic mass is 35.5. The number of rotatable bonds is 3. The molecule has 2 bridgehead atoms. The van der Waals surface area contributed by atoms with Crippen molar-refractivity contribution in [1.29, 1.82) is 0 Å². The molecular formula is C12H17ClO3. The van der Waals surface area contributed by atoms with Crippen LogP contribution in [0.5, 0.6) is 0 Å². The zero-order valence-corrected chi connectivity index (χ0v) is 10.7. The van der Waals surface area contributed by atoms with E-state index in [2.05, 4.69) is 0 Å². The third kappa shape index (κ3) is 1.86. The lowest BCUT2D eigenvalue weighted by Crippen LogP contribution is -2.66. The molecular weight excluding hydrogens is 228 g/mol. The van der Waals surface area contributed by atoms with E-state index in [1.54, 1.807) is 0 Å². The minimum Gasteiger partial charge on any atom is -0.460 e. The molecule has 3 saturated carbocycles. The van der Waals surface area contributed by atoms with Crippen LogP contribution in [0.25, 0.3) is 0 Å².